The maximum absolute atomic E-state index is 12.7. The van der Waals surface area contributed by atoms with E-state index < -0.39 is 0 Å². The van der Waals surface area contributed by atoms with Gasteiger partial charge in [0, 0.05) is 18.5 Å². The number of carbonyl (C=O) groups excluding carboxylic acids is 1. The molecule has 0 radical (unpaired) electrons. The Bertz CT molecular complexity index is 594. The second-order valence-electron chi connectivity index (χ2n) is 4.40. The van der Waals surface area contributed by atoms with Crippen LogP contribution in [0.5, 0.6) is 0 Å². The lowest BCUT2D eigenvalue weighted by molar-refractivity contribution is -0.117. The highest BCUT2D eigenvalue weighted by atomic mass is 19.1. The van der Waals surface area contributed by atoms with Gasteiger partial charge in [0.05, 0.1) is 6.04 Å². The molecule has 2 rings (SSSR count). The summed E-state index contributed by atoms with van der Waals surface area (Å²) in [6, 6.07) is 9.57. The lowest BCUT2D eigenvalue weighted by Gasteiger charge is -2.12. The zero-order valence-electron chi connectivity index (χ0n) is 11.1. The first-order chi connectivity index (χ1) is 9.65. The van der Waals surface area contributed by atoms with Gasteiger partial charge in [-0.25, -0.2) is 4.39 Å². The van der Waals surface area contributed by atoms with Crippen molar-refractivity contribution in [3.63, 3.8) is 0 Å². The van der Waals surface area contributed by atoms with E-state index in [1.807, 2.05) is 19.1 Å². The number of carbonyl (C=O) groups is 1. The number of amides is 1. The zero-order chi connectivity index (χ0) is 14.4. The maximum atomic E-state index is 12.7. The second kappa shape index (κ2) is 6.61. The number of nitrogens with zero attached hydrogens (tertiary/aromatic N) is 1. The minimum absolute atomic E-state index is 0.0941. The van der Waals surface area contributed by atoms with E-state index in [0.717, 1.165) is 11.1 Å². The van der Waals surface area contributed by atoms with Gasteiger partial charge in [-0.05, 0) is 48.4 Å². The van der Waals surface area contributed by atoms with Crippen molar-refractivity contribution in [2.45, 2.75) is 13.0 Å². The second-order valence-corrected chi connectivity index (χ2v) is 4.40. The number of aromatic nitrogens is 1. The Morgan fingerprint density at radius 2 is 1.85 bits per heavy atom. The minimum atomic E-state index is -0.294. The summed E-state index contributed by atoms with van der Waals surface area (Å²) in [5.41, 5.74) is 1.77. The molecule has 0 bridgehead atoms. The number of hydrogen-bond donors (Lipinski definition) is 1. The first-order valence-corrected chi connectivity index (χ1v) is 6.29. The molecule has 1 N–H and O–H groups in total. The van der Waals surface area contributed by atoms with E-state index in [1.54, 1.807) is 30.6 Å². The first kappa shape index (κ1) is 13.9. The lowest BCUT2D eigenvalue weighted by atomic mass is 10.1. The van der Waals surface area contributed by atoms with Crippen LogP contribution in [0.1, 0.15) is 24.1 Å². The van der Waals surface area contributed by atoms with Gasteiger partial charge in [-0.15, -0.1) is 0 Å². The molecule has 0 spiro atoms. The number of benzene rings is 1. The van der Waals surface area contributed by atoms with E-state index in [9.17, 15) is 9.18 Å². The van der Waals surface area contributed by atoms with Crippen LogP contribution in [0.2, 0.25) is 0 Å². The summed E-state index contributed by atoms with van der Waals surface area (Å²) < 4.78 is 12.7. The van der Waals surface area contributed by atoms with Crippen molar-refractivity contribution in [3.05, 3.63) is 71.8 Å². The molecule has 1 aromatic carbocycles. The minimum Gasteiger partial charge on any atom is -0.346 e. The summed E-state index contributed by atoms with van der Waals surface area (Å²) >= 11 is 0. The summed E-state index contributed by atoms with van der Waals surface area (Å²) in [4.78, 5) is 15.7. The molecule has 0 saturated carbocycles. The summed E-state index contributed by atoms with van der Waals surface area (Å²) in [6.07, 6.45) is 6.46. The van der Waals surface area contributed by atoms with Crippen LogP contribution >= 0.6 is 0 Å². The van der Waals surface area contributed by atoms with Crippen LogP contribution in [0.15, 0.2) is 54.9 Å². The van der Waals surface area contributed by atoms with Crippen LogP contribution in [0.4, 0.5) is 4.39 Å². The highest BCUT2D eigenvalue weighted by Crippen LogP contribution is 2.10. The van der Waals surface area contributed by atoms with Crippen LogP contribution in [0.25, 0.3) is 6.08 Å². The van der Waals surface area contributed by atoms with Gasteiger partial charge in [-0.2, -0.15) is 0 Å². The molecule has 102 valence electrons. The number of nitrogens with one attached hydrogen (secondary N) is 1. The molecule has 0 aliphatic heterocycles. The third kappa shape index (κ3) is 4.02. The molecule has 1 atom stereocenters. The van der Waals surface area contributed by atoms with Gasteiger partial charge in [0.25, 0.3) is 0 Å². The Balaban J connectivity index is 1.94. The van der Waals surface area contributed by atoms with Gasteiger partial charge in [-0.3, -0.25) is 9.78 Å². The van der Waals surface area contributed by atoms with Crippen molar-refractivity contribution in [2.75, 3.05) is 0 Å². The molecule has 3 nitrogen and oxygen atoms in total. The normalized spacial score (nSPS) is 12.3. The predicted molar refractivity (Wildman–Crippen MR) is 76.2 cm³/mol. The topological polar surface area (TPSA) is 42.0 Å². The lowest BCUT2D eigenvalue weighted by Crippen LogP contribution is -2.24. The standard InChI is InChI=1S/C16H15FN2O/c1-12(14-8-10-18-11-9-14)19-16(20)7-4-13-2-5-15(17)6-3-13/h2-12H,1H3,(H,19,20)/b7-4+. The van der Waals surface area contributed by atoms with Gasteiger partial charge in [-0.1, -0.05) is 12.1 Å². The summed E-state index contributed by atoms with van der Waals surface area (Å²) in [5, 5.41) is 2.85. The quantitative estimate of drug-likeness (QED) is 0.867. The molecule has 0 fully saturated rings. The van der Waals surface area contributed by atoms with Crippen LogP contribution in [0, 0.1) is 5.82 Å². The Kier molecular flexibility index (Phi) is 4.60. The van der Waals surface area contributed by atoms with E-state index >= 15 is 0 Å². The van der Waals surface area contributed by atoms with E-state index in [4.69, 9.17) is 0 Å². The Morgan fingerprint density at radius 3 is 2.50 bits per heavy atom. The fourth-order valence-electron chi connectivity index (χ4n) is 1.74. The Hall–Kier alpha value is -2.49. The number of halogens is 1. The average molecular weight is 270 g/mol. The molecule has 0 saturated heterocycles. The highest BCUT2D eigenvalue weighted by molar-refractivity contribution is 5.91. The van der Waals surface area contributed by atoms with Crippen molar-refractivity contribution in [2.24, 2.45) is 0 Å². The predicted octanol–water partition coefficient (Wildman–Crippen LogP) is 3.11. The van der Waals surface area contributed by atoms with Crippen molar-refractivity contribution in [3.8, 4) is 0 Å². The van der Waals surface area contributed by atoms with Crippen LogP contribution in [0.3, 0.4) is 0 Å². The largest absolute Gasteiger partial charge is 0.346 e. The molecule has 20 heavy (non-hydrogen) atoms. The summed E-state index contributed by atoms with van der Waals surface area (Å²) in [5.74, 6) is -0.489. The Morgan fingerprint density at radius 1 is 1.20 bits per heavy atom. The third-order valence-corrected chi connectivity index (χ3v) is 2.86. The fraction of sp³-hybridized carbons (Fsp3) is 0.125. The summed E-state index contributed by atoms with van der Waals surface area (Å²) in [6.45, 7) is 1.90. The maximum Gasteiger partial charge on any atom is 0.244 e. The van der Waals surface area contributed by atoms with Crippen LogP contribution < -0.4 is 5.32 Å². The number of rotatable bonds is 4. The molecule has 1 unspecified atom stereocenters. The summed E-state index contributed by atoms with van der Waals surface area (Å²) in [7, 11) is 0. The highest BCUT2D eigenvalue weighted by Gasteiger charge is 2.06. The molecule has 4 heteroatoms. The van der Waals surface area contributed by atoms with Gasteiger partial charge < -0.3 is 5.32 Å². The van der Waals surface area contributed by atoms with Crippen molar-refractivity contribution in [1.82, 2.24) is 10.3 Å². The monoisotopic (exact) mass is 270 g/mol. The molecule has 1 heterocycles. The van der Waals surface area contributed by atoms with E-state index in [2.05, 4.69) is 10.3 Å². The molecule has 0 aliphatic carbocycles. The van der Waals surface area contributed by atoms with Crippen molar-refractivity contribution < 1.29 is 9.18 Å². The third-order valence-electron chi connectivity index (χ3n) is 2.86. The van der Waals surface area contributed by atoms with Crippen molar-refractivity contribution in [1.29, 1.82) is 0 Å². The zero-order valence-corrected chi connectivity index (χ0v) is 11.1. The van der Waals surface area contributed by atoms with Gasteiger partial charge in [0.15, 0.2) is 0 Å². The van der Waals surface area contributed by atoms with E-state index in [1.165, 1.54) is 18.2 Å². The molecule has 2 aromatic rings. The number of pyridine rings is 1. The molecular weight excluding hydrogens is 255 g/mol. The molecule has 0 aliphatic rings. The van der Waals surface area contributed by atoms with Crippen molar-refractivity contribution >= 4 is 12.0 Å². The van der Waals surface area contributed by atoms with E-state index in [0.29, 0.717) is 0 Å². The number of hydrogen-bond acceptors (Lipinski definition) is 2. The fourth-order valence-corrected chi connectivity index (χ4v) is 1.74. The SMILES string of the molecule is CC(NC(=O)/C=C/c1ccc(F)cc1)c1ccncc1. The van der Waals surface area contributed by atoms with Crippen LogP contribution in [-0.2, 0) is 4.79 Å². The molecule has 1 amide bonds. The molecular formula is C16H15FN2O. The molecule has 1 aromatic heterocycles. The smallest absolute Gasteiger partial charge is 0.244 e. The van der Waals surface area contributed by atoms with Gasteiger partial charge in [0.2, 0.25) is 5.91 Å². The van der Waals surface area contributed by atoms with E-state index in [-0.39, 0.29) is 17.8 Å². The first-order valence-electron chi connectivity index (χ1n) is 6.29. The van der Waals surface area contributed by atoms with Crippen LogP contribution in [-0.4, -0.2) is 10.9 Å². The van der Waals surface area contributed by atoms with Gasteiger partial charge >= 0.3 is 0 Å². The Labute approximate surface area is 117 Å². The average Bonchev–Trinajstić information content (AvgIpc) is 2.47. The van der Waals surface area contributed by atoms with Gasteiger partial charge in [0.1, 0.15) is 5.82 Å².